The third-order valence-electron chi connectivity index (χ3n) is 1.38. The minimum Gasteiger partial charge on any atom is -0.259 e. The molecule has 0 atom stereocenters. The maximum Gasteiger partial charge on any atom is 0.281 e. The van der Waals surface area contributed by atoms with Crippen molar-refractivity contribution in [1.82, 2.24) is 0 Å². The van der Waals surface area contributed by atoms with E-state index in [4.69, 9.17) is 0 Å². The van der Waals surface area contributed by atoms with E-state index in [-0.39, 0.29) is 12.1 Å². The van der Waals surface area contributed by atoms with Crippen molar-refractivity contribution < 1.29 is 9.31 Å². The van der Waals surface area contributed by atoms with Gasteiger partial charge >= 0.3 is 0 Å². The Balaban J connectivity index is 2.95. The molecule has 0 aromatic carbocycles. The standard InChI is InChI=1S/C6H5BrFNO2/c7-4-1-2-6(9(10)11)5(8)3-4/h3H,1-2H2. The Kier molecular flexibility index (Phi) is 2.38. The summed E-state index contributed by atoms with van der Waals surface area (Å²) in [4.78, 5) is 9.46. The van der Waals surface area contributed by atoms with E-state index in [9.17, 15) is 14.5 Å². The van der Waals surface area contributed by atoms with Crippen LogP contribution in [0.15, 0.2) is 22.1 Å². The molecule has 1 rings (SSSR count). The fourth-order valence-corrected chi connectivity index (χ4v) is 1.23. The Morgan fingerprint density at radius 3 is 2.73 bits per heavy atom. The summed E-state index contributed by atoms with van der Waals surface area (Å²) < 4.78 is 13.3. The Morgan fingerprint density at radius 2 is 2.27 bits per heavy atom. The molecular formula is C6H5BrFNO2. The van der Waals surface area contributed by atoms with Crippen LogP contribution < -0.4 is 0 Å². The molecule has 1 aliphatic carbocycles. The second-order valence-corrected chi connectivity index (χ2v) is 3.16. The normalized spacial score (nSPS) is 18.2. The molecule has 0 aliphatic heterocycles. The fraction of sp³-hybridized carbons (Fsp3) is 0.333. The fourth-order valence-electron chi connectivity index (χ4n) is 0.829. The number of nitro groups is 1. The molecule has 0 saturated carbocycles. The van der Waals surface area contributed by atoms with Gasteiger partial charge in [0.1, 0.15) is 0 Å². The Hall–Kier alpha value is -0.710. The average Bonchev–Trinajstić information content (AvgIpc) is 1.85. The summed E-state index contributed by atoms with van der Waals surface area (Å²) in [5.74, 6) is -0.742. The van der Waals surface area contributed by atoms with Gasteiger partial charge in [0.15, 0.2) is 5.83 Å². The highest BCUT2D eigenvalue weighted by atomic mass is 79.9. The third kappa shape index (κ3) is 1.86. The van der Waals surface area contributed by atoms with Crippen molar-refractivity contribution >= 4 is 15.9 Å². The van der Waals surface area contributed by atoms with Crippen molar-refractivity contribution in [3.63, 3.8) is 0 Å². The molecule has 60 valence electrons. The van der Waals surface area contributed by atoms with Gasteiger partial charge in [-0.3, -0.25) is 10.1 Å². The molecule has 0 spiro atoms. The largest absolute Gasteiger partial charge is 0.281 e. The van der Waals surface area contributed by atoms with Crippen LogP contribution in [0.3, 0.4) is 0 Å². The van der Waals surface area contributed by atoms with Gasteiger partial charge in [0.05, 0.1) is 4.92 Å². The quantitative estimate of drug-likeness (QED) is 0.505. The first-order valence-electron chi connectivity index (χ1n) is 3.00. The summed E-state index contributed by atoms with van der Waals surface area (Å²) >= 11 is 3.07. The molecule has 5 heteroatoms. The van der Waals surface area contributed by atoms with Gasteiger partial charge in [-0.15, -0.1) is 0 Å². The first kappa shape index (κ1) is 8.39. The molecule has 0 aromatic rings. The molecule has 3 nitrogen and oxygen atoms in total. The van der Waals surface area contributed by atoms with E-state index in [1.165, 1.54) is 0 Å². The van der Waals surface area contributed by atoms with E-state index in [0.717, 1.165) is 6.08 Å². The molecule has 0 saturated heterocycles. The van der Waals surface area contributed by atoms with E-state index < -0.39 is 10.8 Å². The van der Waals surface area contributed by atoms with Crippen LogP contribution in [0.4, 0.5) is 4.39 Å². The van der Waals surface area contributed by atoms with Crippen molar-refractivity contribution in [1.29, 1.82) is 0 Å². The van der Waals surface area contributed by atoms with Gasteiger partial charge in [-0.25, -0.2) is 0 Å². The molecule has 0 unspecified atom stereocenters. The summed E-state index contributed by atoms with van der Waals surface area (Å²) in [6.45, 7) is 0. The van der Waals surface area contributed by atoms with Crippen LogP contribution in [-0.4, -0.2) is 4.92 Å². The second kappa shape index (κ2) is 3.13. The molecule has 1 aliphatic rings. The number of nitrogens with zero attached hydrogens (tertiary/aromatic N) is 1. The Labute approximate surface area is 70.9 Å². The van der Waals surface area contributed by atoms with Crippen molar-refractivity contribution in [3.8, 4) is 0 Å². The Bertz CT molecular complexity index is 259. The van der Waals surface area contributed by atoms with Gasteiger partial charge in [-0.1, -0.05) is 15.9 Å². The highest BCUT2D eigenvalue weighted by Crippen LogP contribution is 2.27. The van der Waals surface area contributed by atoms with E-state index in [0.29, 0.717) is 10.9 Å². The van der Waals surface area contributed by atoms with Gasteiger partial charge < -0.3 is 0 Å². The number of allylic oxidation sites excluding steroid dienone is 4. The SMILES string of the molecule is O=[N+]([O-])C1=C(F)C=C(Br)CC1. The zero-order valence-electron chi connectivity index (χ0n) is 5.51. The molecule has 0 amide bonds. The molecule has 0 N–H and O–H groups in total. The van der Waals surface area contributed by atoms with Crippen LogP contribution in [0.5, 0.6) is 0 Å². The Morgan fingerprint density at radius 1 is 1.64 bits per heavy atom. The monoisotopic (exact) mass is 221 g/mol. The first-order chi connectivity index (χ1) is 5.11. The van der Waals surface area contributed by atoms with Crippen molar-refractivity contribution in [2.75, 3.05) is 0 Å². The first-order valence-corrected chi connectivity index (χ1v) is 3.79. The lowest BCUT2D eigenvalue weighted by Gasteiger charge is -2.04. The van der Waals surface area contributed by atoms with Crippen LogP contribution in [-0.2, 0) is 0 Å². The van der Waals surface area contributed by atoms with E-state index >= 15 is 0 Å². The van der Waals surface area contributed by atoms with Crippen molar-refractivity contribution in [2.24, 2.45) is 0 Å². The minimum absolute atomic E-state index is 0.163. The van der Waals surface area contributed by atoms with Gasteiger partial charge in [0, 0.05) is 6.42 Å². The van der Waals surface area contributed by atoms with E-state index in [2.05, 4.69) is 15.9 Å². The second-order valence-electron chi connectivity index (χ2n) is 2.14. The van der Waals surface area contributed by atoms with Crippen molar-refractivity contribution in [3.05, 3.63) is 32.2 Å². The molecular weight excluding hydrogens is 217 g/mol. The topological polar surface area (TPSA) is 43.1 Å². The summed E-state index contributed by atoms with van der Waals surface area (Å²) in [6, 6.07) is 0. The average molecular weight is 222 g/mol. The van der Waals surface area contributed by atoms with Gasteiger partial charge in [-0.2, -0.15) is 4.39 Å². The van der Waals surface area contributed by atoms with Gasteiger partial charge in [0.2, 0.25) is 0 Å². The zero-order chi connectivity index (χ0) is 8.43. The zero-order valence-corrected chi connectivity index (χ0v) is 7.10. The highest BCUT2D eigenvalue weighted by molar-refractivity contribution is 9.11. The molecule has 0 bridgehead atoms. The minimum atomic E-state index is -0.742. The number of rotatable bonds is 1. The predicted molar refractivity (Wildman–Crippen MR) is 41.4 cm³/mol. The van der Waals surface area contributed by atoms with E-state index in [1.54, 1.807) is 0 Å². The molecule has 0 heterocycles. The number of hydrogen-bond donors (Lipinski definition) is 0. The van der Waals surface area contributed by atoms with Crippen molar-refractivity contribution in [2.45, 2.75) is 12.8 Å². The summed E-state index contributed by atoms with van der Waals surface area (Å²) in [7, 11) is 0. The number of hydrogen-bond acceptors (Lipinski definition) is 2. The molecule has 0 fully saturated rings. The van der Waals surface area contributed by atoms with Crippen LogP contribution in [0.2, 0.25) is 0 Å². The van der Waals surface area contributed by atoms with Crippen LogP contribution in [0.1, 0.15) is 12.8 Å². The maximum absolute atomic E-state index is 12.7. The molecule has 0 aromatic heterocycles. The number of halogens is 2. The summed E-state index contributed by atoms with van der Waals surface area (Å²) in [5.41, 5.74) is -0.326. The lowest BCUT2D eigenvalue weighted by molar-refractivity contribution is -0.430. The smallest absolute Gasteiger partial charge is 0.259 e. The maximum atomic E-state index is 12.7. The molecule has 0 radical (unpaired) electrons. The summed E-state index contributed by atoms with van der Waals surface area (Å²) in [5, 5.41) is 10.1. The molecule has 11 heavy (non-hydrogen) atoms. The van der Waals surface area contributed by atoms with Crippen LogP contribution >= 0.6 is 15.9 Å². The summed E-state index contributed by atoms with van der Waals surface area (Å²) in [6.07, 6.45) is 1.81. The van der Waals surface area contributed by atoms with Gasteiger partial charge in [0.25, 0.3) is 5.70 Å². The lowest BCUT2D eigenvalue weighted by atomic mass is 10.1. The third-order valence-corrected chi connectivity index (χ3v) is 2.01. The van der Waals surface area contributed by atoms with Gasteiger partial charge in [-0.05, 0) is 17.0 Å². The van der Waals surface area contributed by atoms with Crippen LogP contribution in [0, 0.1) is 10.1 Å². The predicted octanol–water partition coefficient (Wildman–Crippen LogP) is 2.52. The van der Waals surface area contributed by atoms with E-state index in [1.807, 2.05) is 0 Å². The highest BCUT2D eigenvalue weighted by Gasteiger charge is 2.21. The lowest BCUT2D eigenvalue weighted by Crippen LogP contribution is -2.03. The van der Waals surface area contributed by atoms with Crippen LogP contribution in [0.25, 0.3) is 0 Å².